The molecule has 0 spiro atoms. The van der Waals surface area contributed by atoms with Gasteiger partial charge in [-0.3, -0.25) is 0 Å². The van der Waals surface area contributed by atoms with Crippen molar-refractivity contribution in [3.63, 3.8) is 0 Å². The van der Waals surface area contributed by atoms with Crippen molar-refractivity contribution in [2.45, 2.75) is 45.3 Å². The third-order valence-electron chi connectivity index (χ3n) is 4.28. The topological polar surface area (TPSA) is 85.2 Å². The summed E-state index contributed by atoms with van der Waals surface area (Å²) in [4.78, 5) is 13.9. The van der Waals surface area contributed by atoms with Gasteiger partial charge in [0.15, 0.2) is 5.82 Å². The maximum Gasteiger partial charge on any atom is 0.410 e. The lowest BCUT2D eigenvalue weighted by atomic mass is 10.0. The highest BCUT2D eigenvalue weighted by Gasteiger charge is 2.26. The highest BCUT2D eigenvalue weighted by atomic mass is 16.6. The molecule has 0 radical (unpaired) electrons. The van der Waals surface area contributed by atoms with Gasteiger partial charge in [-0.15, -0.1) is 5.10 Å². The fourth-order valence-electron chi connectivity index (χ4n) is 2.96. The van der Waals surface area contributed by atoms with Crippen LogP contribution in [-0.4, -0.2) is 55.9 Å². The lowest BCUT2D eigenvalue weighted by Gasteiger charge is -2.34. The zero-order valence-electron chi connectivity index (χ0n) is 15.8. The Balaban J connectivity index is 1.52. The standard InChI is InChI=1S/C18H26N6O2/c1-18(2,3)26-17(25)24-11-9-15(10-12-24)19-14-7-5-13(6-8-14)16-20-21-22-23(16)4/h5-8,15,19H,9-12H2,1-4H3. The number of ether oxygens (including phenoxy) is 1. The van der Waals surface area contributed by atoms with Crippen LogP contribution in [0.15, 0.2) is 24.3 Å². The quantitative estimate of drug-likeness (QED) is 0.908. The molecule has 2 aromatic rings. The van der Waals surface area contributed by atoms with E-state index >= 15 is 0 Å². The number of likely N-dealkylation sites (tertiary alicyclic amines) is 1. The Morgan fingerprint density at radius 3 is 2.38 bits per heavy atom. The van der Waals surface area contributed by atoms with Gasteiger partial charge >= 0.3 is 6.09 Å². The predicted octanol–water partition coefficient (Wildman–Crippen LogP) is 2.69. The van der Waals surface area contributed by atoms with Gasteiger partial charge in [-0.05, 0) is 68.3 Å². The molecule has 1 N–H and O–H groups in total. The smallest absolute Gasteiger partial charge is 0.410 e. The largest absolute Gasteiger partial charge is 0.444 e. The van der Waals surface area contributed by atoms with Gasteiger partial charge in [0.2, 0.25) is 0 Å². The Bertz CT molecular complexity index is 742. The number of rotatable bonds is 3. The van der Waals surface area contributed by atoms with E-state index in [9.17, 15) is 4.79 Å². The first-order valence-corrected chi connectivity index (χ1v) is 8.89. The summed E-state index contributed by atoms with van der Waals surface area (Å²) in [6.07, 6.45) is 1.57. The number of amides is 1. The Hall–Kier alpha value is -2.64. The van der Waals surface area contributed by atoms with Crippen LogP contribution in [-0.2, 0) is 11.8 Å². The van der Waals surface area contributed by atoms with Crippen LogP contribution in [0, 0.1) is 0 Å². The summed E-state index contributed by atoms with van der Waals surface area (Å²) in [6, 6.07) is 8.42. The van der Waals surface area contributed by atoms with E-state index in [2.05, 4.69) is 20.8 Å². The third kappa shape index (κ3) is 4.50. The monoisotopic (exact) mass is 358 g/mol. The Morgan fingerprint density at radius 1 is 1.19 bits per heavy atom. The van der Waals surface area contributed by atoms with Gasteiger partial charge in [-0.1, -0.05) is 0 Å². The summed E-state index contributed by atoms with van der Waals surface area (Å²) in [5.74, 6) is 0.738. The van der Waals surface area contributed by atoms with Crippen LogP contribution in [0.2, 0.25) is 0 Å². The molecule has 1 amide bonds. The molecule has 2 heterocycles. The number of anilines is 1. The number of aromatic nitrogens is 4. The normalized spacial score (nSPS) is 15.8. The third-order valence-corrected chi connectivity index (χ3v) is 4.28. The number of carbonyl (C=O) groups is 1. The van der Waals surface area contributed by atoms with Gasteiger partial charge in [0.1, 0.15) is 5.60 Å². The van der Waals surface area contributed by atoms with E-state index in [1.54, 1.807) is 9.58 Å². The number of benzene rings is 1. The summed E-state index contributed by atoms with van der Waals surface area (Å²) < 4.78 is 7.09. The minimum absolute atomic E-state index is 0.224. The molecule has 8 heteroatoms. The van der Waals surface area contributed by atoms with Crippen LogP contribution >= 0.6 is 0 Å². The minimum atomic E-state index is -0.452. The van der Waals surface area contributed by atoms with Gasteiger partial charge in [0.25, 0.3) is 0 Å². The van der Waals surface area contributed by atoms with E-state index < -0.39 is 5.60 Å². The predicted molar refractivity (Wildman–Crippen MR) is 98.7 cm³/mol. The molecule has 140 valence electrons. The summed E-state index contributed by atoms with van der Waals surface area (Å²) in [5, 5.41) is 15.1. The fraction of sp³-hybridized carbons (Fsp3) is 0.556. The summed E-state index contributed by atoms with van der Waals surface area (Å²) in [5.41, 5.74) is 1.58. The van der Waals surface area contributed by atoms with Gasteiger partial charge in [0, 0.05) is 37.4 Å². The average molecular weight is 358 g/mol. The van der Waals surface area contributed by atoms with E-state index in [4.69, 9.17) is 4.74 Å². The van der Waals surface area contributed by atoms with Crippen LogP contribution in [0.3, 0.4) is 0 Å². The molecule has 1 aromatic carbocycles. The highest BCUT2D eigenvalue weighted by Crippen LogP contribution is 2.22. The van der Waals surface area contributed by atoms with E-state index in [-0.39, 0.29) is 6.09 Å². The molecule has 1 aliphatic rings. The van der Waals surface area contributed by atoms with Crippen LogP contribution in [0.4, 0.5) is 10.5 Å². The second-order valence-corrected chi connectivity index (χ2v) is 7.59. The SMILES string of the molecule is Cn1nnnc1-c1ccc(NC2CCN(C(=O)OC(C)(C)C)CC2)cc1. The number of carbonyl (C=O) groups excluding carboxylic acids is 1. The van der Waals surface area contributed by atoms with Crippen molar-refractivity contribution in [2.75, 3.05) is 18.4 Å². The van der Waals surface area contributed by atoms with Crippen LogP contribution in [0.25, 0.3) is 11.4 Å². The van der Waals surface area contributed by atoms with Gasteiger partial charge in [0.05, 0.1) is 0 Å². The zero-order valence-corrected chi connectivity index (χ0v) is 15.8. The van der Waals surface area contributed by atoms with E-state index in [1.165, 1.54) is 0 Å². The van der Waals surface area contributed by atoms with Crippen LogP contribution < -0.4 is 5.32 Å². The van der Waals surface area contributed by atoms with Crippen molar-refractivity contribution in [1.29, 1.82) is 0 Å². The van der Waals surface area contributed by atoms with Crippen molar-refractivity contribution < 1.29 is 9.53 Å². The van der Waals surface area contributed by atoms with Crippen LogP contribution in [0.1, 0.15) is 33.6 Å². The highest BCUT2D eigenvalue weighted by molar-refractivity contribution is 5.68. The van der Waals surface area contributed by atoms with Gasteiger partial charge in [-0.25, -0.2) is 9.48 Å². The maximum absolute atomic E-state index is 12.1. The Labute approximate surface area is 153 Å². The molecule has 26 heavy (non-hydrogen) atoms. The average Bonchev–Trinajstić information content (AvgIpc) is 3.01. The molecule has 1 fully saturated rings. The first kappa shape index (κ1) is 18.2. The number of hydrogen-bond donors (Lipinski definition) is 1. The molecule has 0 saturated carbocycles. The van der Waals surface area contributed by atoms with E-state index in [0.29, 0.717) is 19.1 Å². The molecule has 1 aliphatic heterocycles. The summed E-state index contributed by atoms with van der Waals surface area (Å²) in [6.45, 7) is 7.07. The Morgan fingerprint density at radius 2 is 1.85 bits per heavy atom. The molecular formula is C18H26N6O2. The van der Waals surface area contributed by atoms with Gasteiger partial charge < -0.3 is 15.0 Å². The number of aryl methyl sites for hydroxylation is 1. The first-order valence-electron chi connectivity index (χ1n) is 8.89. The number of nitrogens with zero attached hydrogens (tertiary/aromatic N) is 5. The van der Waals surface area contributed by atoms with Crippen molar-refractivity contribution >= 4 is 11.8 Å². The van der Waals surface area contributed by atoms with Crippen molar-refractivity contribution in [3.8, 4) is 11.4 Å². The zero-order chi connectivity index (χ0) is 18.7. The Kier molecular flexibility index (Phi) is 5.11. The van der Waals surface area contributed by atoms with Crippen LogP contribution in [0.5, 0.6) is 0 Å². The van der Waals surface area contributed by atoms with Gasteiger partial charge in [-0.2, -0.15) is 0 Å². The lowest BCUT2D eigenvalue weighted by Crippen LogP contribution is -2.44. The molecule has 1 saturated heterocycles. The van der Waals surface area contributed by atoms with E-state index in [1.807, 2.05) is 52.1 Å². The van der Waals surface area contributed by atoms with Crippen molar-refractivity contribution in [2.24, 2.45) is 7.05 Å². The number of nitrogens with one attached hydrogen (secondary N) is 1. The lowest BCUT2D eigenvalue weighted by molar-refractivity contribution is 0.0210. The van der Waals surface area contributed by atoms with E-state index in [0.717, 1.165) is 29.9 Å². The molecule has 0 bridgehead atoms. The number of piperidine rings is 1. The second-order valence-electron chi connectivity index (χ2n) is 7.59. The molecule has 0 atom stereocenters. The number of tetrazole rings is 1. The minimum Gasteiger partial charge on any atom is -0.444 e. The number of hydrogen-bond acceptors (Lipinski definition) is 6. The molecule has 8 nitrogen and oxygen atoms in total. The summed E-state index contributed by atoms with van der Waals surface area (Å²) in [7, 11) is 1.82. The summed E-state index contributed by atoms with van der Waals surface area (Å²) >= 11 is 0. The molecular weight excluding hydrogens is 332 g/mol. The first-order chi connectivity index (χ1) is 12.3. The van der Waals surface area contributed by atoms with Crippen molar-refractivity contribution in [1.82, 2.24) is 25.1 Å². The molecule has 0 aliphatic carbocycles. The van der Waals surface area contributed by atoms with Crippen molar-refractivity contribution in [3.05, 3.63) is 24.3 Å². The second kappa shape index (κ2) is 7.31. The molecule has 3 rings (SSSR count). The molecule has 0 unspecified atom stereocenters. The maximum atomic E-state index is 12.1. The molecule has 1 aromatic heterocycles. The fourth-order valence-corrected chi connectivity index (χ4v) is 2.96.